The molecule has 5 heteroatoms. The van der Waals surface area contributed by atoms with Crippen LogP contribution in [0.1, 0.15) is 5.56 Å². The van der Waals surface area contributed by atoms with Gasteiger partial charge in [-0.1, -0.05) is 12.1 Å². The second-order valence-corrected chi connectivity index (χ2v) is 3.79. The summed E-state index contributed by atoms with van der Waals surface area (Å²) in [5.74, 6) is -0.562. The molecule has 0 fully saturated rings. The number of amides is 1. The summed E-state index contributed by atoms with van der Waals surface area (Å²) in [7, 11) is 0. The summed E-state index contributed by atoms with van der Waals surface area (Å²) in [6, 6.07) is 8.57. The highest BCUT2D eigenvalue weighted by Crippen LogP contribution is 2.06. The third kappa shape index (κ3) is 3.28. The van der Waals surface area contributed by atoms with E-state index < -0.39 is 0 Å². The predicted molar refractivity (Wildman–Crippen MR) is 65.8 cm³/mol. The highest BCUT2D eigenvalue weighted by molar-refractivity contribution is 5.92. The minimum absolute atomic E-state index is 0.152. The number of aromatic nitrogens is 1. The maximum atomic E-state index is 12.7. The number of aromatic amines is 1. The zero-order chi connectivity index (χ0) is 13.0. The normalized spacial score (nSPS) is 10.1. The molecule has 0 unspecified atom stereocenters. The molecule has 92 valence electrons. The van der Waals surface area contributed by atoms with Gasteiger partial charge in [-0.25, -0.2) is 4.39 Å². The van der Waals surface area contributed by atoms with E-state index in [2.05, 4.69) is 10.3 Å². The van der Waals surface area contributed by atoms with Crippen LogP contribution in [0.5, 0.6) is 0 Å². The van der Waals surface area contributed by atoms with Gasteiger partial charge in [-0.2, -0.15) is 0 Å². The van der Waals surface area contributed by atoms with E-state index in [1.807, 2.05) is 0 Å². The Kier molecular flexibility index (Phi) is 3.52. The van der Waals surface area contributed by atoms with Crippen LogP contribution in [-0.4, -0.2) is 10.9 Å². The van der Waals surface area contributed by atoms with Gasteiger partial charge in [0.05, 0.1) is 12.1 Å². The molecule has 0 saturated heterocycles. The van der Waals surface area contributed by atoms with Gasteiger partial charge in [-0.15, -0.1) is 0 Å². The molecule has 0 atom stereocenters. The molecular weight excluding hydrogens is 235 g/mol. The summed E-state index contributed by atoms with van der Waals surface area (Å²) >= 11 is 0. The Hall–Kier alpha value is -2.43. The summed E-state index contributed by atoms with van der Waals surface area (Å²) in [5.41, 5.74) is 1.01. The van der Waals surface area contributed by atoms with Crippen LogP contribution in [0.3, 0.4) is 0 Å². The quantitative estimate of drug-likeness (QED) is 0.865. The fraction of sp³-hybridized carbons (Fsp3) is 0.0769. The lowest BCUT2D eigenvalue weighted by Crippen LogP contribution is -2.15. The van der Waals surface area contributed by atoms with E-state index >= 15 is 0 Å². The Morgan fingerprint density at radius 1 is 1.17 bits per heavy atom. The van der Waals surface area contributed by atoms with Gasteiger partial charge in [0, 0.05) is 12.3 Å². The lowest BCUT2D eigenvalue weighted by atomic mass is 10.1. The number of rotatable bonds is 3. The van der Waals surface area contributed by atoms with Gasteiger partial charge in [0.1, 0.15) is 5.82 Å². The highest BCUT2D eigenvalue weighted by atomic mass is 19.1. The molecule has 0 radical (unpaired) electrons. The first-order valence-corrected chi connectivity index (χ1v) is 5.36. The summed E-state index contributed by atoms with van der Waals surface area (Å²) in [6.07, 6.45) is 1.57. The van der Waals surface area contributed by atoms with E-state index in [4.69, 9.17) is 0 Å². The van der Waals surface area contributed by atoms with Gasteiger partial charge in [0.15, 0.2) is 0 Å². The number of anilines is 1. The van der Waals surface area contributed by atoms with Gasteiger partial charge in [0.2, 0.25) is 11.5 Å². The van der Waals surface area contributed by atoms with E-state index in [0.29, 0.717) is 5.69 Å². The van der Waals surface area contributed by atoms with Crippen molar-refractivity contribution in [2.24, 2.45) is 0 Å². The van der Waals surface area contributed by atoms with Crippen molar-refractivity contribution in [1.29, 1.82) is 0 Å². The van der Waals surface area contributed by atoms with E-state index in [0.717, 1.165) is 5.56 Å². The van der Waals surface area contributed by atoms with E-state index in [-0.39, 0.29) is 23.7 Å². The van der Waals surface area contributed by atoms with Crippen molar-refractivity contribution < 1.29 is 9.18 Å². The molecule has 0 aliphatic carbocycles. The molecule has 0 bridgehead atoms. The molecule has 0 aliphatic heterocycles. The number of H-pyrrole nitrogens is 1. The van der Waals surface area contributed by atoms with Crippen molar-refractivity contribution in [1.82, 2.24) is 4.98 Å². The van der Waals surface area contributed by atoms with Crippen LogP contribution >= 0.6 is 0 Å². The van der Waals surface area contributed by atoms with Gasteiger partial charge < -0.3 is 10.3 Å². The summed E-state index contributed by atoms with van der Waals surface area (Å²) < 4.78 is 12.7. The molecule has 0 saturated carbocycles. The largest absolute Gasteiger partial charge is 0.327 e. The molecule has 2 aromatic rings. The minimum atomic E-state index is -0.334. The third-order valence-electron chi connectivity index (χ3n) is 2.35. The van der Waals surface area contributed by atoms with Gasteiger partial charge >= 0.3 is 0 Å². The molecule has 18 heavy (non-hydrogen) atoms. The van der Waals surface area contributed by atoms with Crippen LogP contribution in [0.2, 0.25) is 0 Å². The predicted octanol–water partition coefficient (Wildman–Crippen LogP) is 1.70. The number of carbonyl (C=O) groups is 1. The number of hydrogen-bond acceptors (Lipinski definition) is 2. The zero-order valence-corrected chi connectivity index (χ0v) is 9.44. The molecule has 1 aromatic heterocycles. The minimum Gasteiger partial charge on any atom is -0.327 e. The number of halogens is 1. The molecule has 2 N–H and O–H groups in total. The fourth-order valence-electron chi connectivity index (χ4n) is 1.48. The van der Waals surface area contributed by atoms with Crippen molar-refractivity contribution in [3.05, 3.63) is 64.3 Å². The molecule has 0 spiro atoms. The Morgan fingerprint density at radius 2 is 1.89 bits per heavy atom. The third-order valence-corrected chi connectivity index (χ3v) is 2.35. The fourth-order valence-corrected chi connectivity index (χ4v) is 1.48. The summed E-state index contributed by atoms with van der Waals surface area (Å²) in [6.45, 7) is 0. The van der Waals surface area contributed by atoms with Crippen LogP contribution in [-0.2, 0) is 11.2 Å². The Balaban J connectivity index is 1.98. The highest BCUT2D eigenvalue weighted by Gasteiger charge is 2.04. The standard InChI is InChI=1S/C13H11FN2O2/c14-10-3-1-9(2-4-10)7-13(18)16-11-5-6-12(17)15-8-11/h1-6,8H,7H2,(H,15,17)(H,16,18). The van der Waals surface area contributed by atoms with Crippen LogP contribution in [0.25, 0.3) is 0 Å². The Morgan fingerprint density at radius 3 is 2.50 bits per heavy atom. The zero-order valence-electron chi connectivity index (χ0n) is 9.44. The molecule has 1 amide bonds. The molecule has 2 rings (SSSR count). The van der Waals surface area contributed by atoms with Crippen molar-refractivity contribution in [3.8, 4) is 0 Å². The van der Waals surface area contributed by atoms with Crippen LogP contribution < -0.4 is 10.9 Å². The lowest BCUT2D eigenvalue weighted by molar-refractivity contribution is -0.115. The monoisotopic (exact) mass is 246 g/mol. The second kappa shape index (κ2) is 5.27. The lowest BCUT2D eigenvalue weighted by Gasteiger charge is -2.04. The maximum Gasteiger partial charge on any atom is 0.248 e. The number of nitrogens with one attached hydrogen (secondary N) is 2. The van der Waals surface area contributed by atoms with E-state index in [9.17, 15) is 14.0 Å². The number of benzene rings is 1. The molecular formula is C13H11FN2O2. The summed E-state index contributed by atoms with van der Waals surface area (Å²) in [4.78, 5) is 24.9. The topological polar surface area (TPSA) is 62.0 Å². The first-order chi connectivity index (χ1) is 8.63. The van der Waals surface area contributed by atoms with Gasteiger partial charge in [-0.3, -0.25) is 9.59 Å². The Labute approximate surface area is 102 Å². The molecule has 1 heterocycles. The number of pyridine rings is 1. The molecule has 1 aromatic carbocycles. The average Bonchev–Trinajstić information content (AvgIpc) is 2.35. The van der Waals surface area contributed by atoms with Gasteiger partial charge in [-0.05, 0) is 23.8 Å². The van der Waals surface area contributed by atoms with Crippen LogP contribution in [0.15, 0.2) is 47.4 Å². The maximum absolute atomic E-state index is 12.7. The van der Waals surface area contributed by atoms with Crippen molar-refractivity contribution in [2.45, 2.75) is 6.42 Å². The van der Waals surface area contributed by atoms with Crippen molar-refractivity contribution >= 4 is 11.6 Å². The second-order valence-electron chi connectivity index (χ2n) is 3.79. The van der Waals surface area contributed by atoms with E-state index in [1.165, 1.54) is 30.5 Å². The van der Waals surface area contributed by atoms with Crippen LogP contribution in [0.4, 0.5) is 10.1 Å². The molecule has 0 aliphatic rings. The first-order valence-electron chi connectivity index (χ1n) is 5.36. The Bertz CT molecular complexity index is 585. The smallest absolute Gasteiger partial charge is 0.248 e. The SMILES string of the molecule is O=C(Cc1ccc(F)cc1)Nc1ccc(=O)[nH]c1. The number of hydrogen-bond donors (Lipinski definition) is 2. The van der Waals surface area contributed by atoms with Crippen molar-refractivity contribution in [3.63, 3.8) is 0 Å². The molecule has 4 nitrogen and oxygen atoms in total. The summed E-state index contributed by atoms with van der Waals surface area (Å²) in [5, 5.41) is 2.63. The van der Waals surface area contributed by atoms with Gasteiger partial charge in [0.25, 0.3) is 0 Å². The van der Waals surface area contributed by atoms with Crippen molar-refractivity contribution in [2.75, 3.05) is 5.32 Å². The number of carbonyl (C=O) groups excluding carboxylic acids is 1. The average molecular weight is 246 g/mol. The van der Waals surface area contributed by atoms with E-state index in [1.54, 1.807) is 12.1 Å². The first kappa shape index (κ1) is 12.0. The van der Waals surface area contributed by atoms with Crippen LogP contribution in [0, 0.1) is 5.82 Å².